The van der Waals surface area contributed by atoms with Gasteiger partial charge in [-0.25, -0.2) is 0 Å². The maximum Gasteiger partial charge on any atom is 0.234 e. The van der Waals surface area contributed by atoms with Gasteiger partial charge in [0.1, 0.15) is 0 Å². The Balaban J connectivity index is 1.91. The summed E-state index contributed by atoms with van der Waals surface area (Å²) in [6.07, 6.45) is 2.27. The number of anilines is 2. The molecular formula is C15H22ClN3OS. The lowest BCUT2D eigenvalue weighted by Crippen LogP contribution is -2.30. The molecule has 116 valence electrons. The molecule has 0 radical (unpaired) electrons. The molecule has 0 unspecified atom stereocenters. The van der Waals surface area contributed by atoms with Gasteiger partial charge in [0.05, 0.1) is 22.2 Å². The number of carbonyl (C=O) groups is 1. The minimum absolute atomic E-state index is 0.0314. The number of nitrogens with zero attached hydrogens (tertiary/aromatic N) is 1. The van der Waals surface area contributed by atoms with Crippen molar-refractivity contribution in [3.63, 3.8) is 0 Å². The largest absolute Gasteiger partial charge is 0.375 e. The number of rotatable bonds is 5. The summed E-state index contributed by atoms with van der Waals surface area (Å²) in [5.41, 5.74) is 1.61. The van der Waals surface area contributed by atoms with Gasteiger partial charge in [0.15, 0.2) is 0 Å². The Labute approximate surface area is 135 Å². The summed E-state index contributed by atoms with van der Waals surface area (Å²) in [5.74, 6) is 0.522. The lowest BCUT2D eigenvalue weighted by atomic mass is 10.2. The van der Waals surface area contributed by atoms with Crippen molar-refractivity contribution in [3.05, 3.63) is 23.2 Å². The van der Waals surface area contributed by atoms with E-state index < -0.39 is 0 Å². The first-order valence-corrected chi connectivity index (χ1v) is 8.58. The molecule has 2 N–H and O–H groups in total. The molecule has 0 atom stereocenters. The molecule has 1 aromatic carbocycles. The normalized spacial score (nSPS) is 15.8. The molecule has 6 heteroatoms. The Hall–Kier alpha value is -0.910. The van der Waals surface area contributed by atoms with Gasteiger partial charge >= 0.3 is 0 Å². The van der Waals surface area contributed by atoms with Gasteiger partial charge in [-0.3, -0.25) is 4.79 Å². The average molecular weight is 328 g/mol. The van der Waals surface area contributed by atoms with Crippen molar-refractivity contribution < 1.29 is 4.79 Å². The predicted molar refractivity (Wildman–Crippen MR) is 92.8 cm³/mol. The second kappa shape index (κ2) is 7.92. The minimum Gasteiger partial charge on any atom is -0.375 e. The number of carbonyl (C=O) groups excluding carboxylic acids is 1. The lowest BCUT2D eigenvalue weighted by molar-refractivity contribution is -0.113. The van der Waals surface area contributed by atoms with Gasteiger partial charge in [-0.05, 0) is 38.1 Å². The van der Waals surface area contributed by atoms with Gasteiger partial charge in [0, 0.05) is 19.3 Å². The van der Waals surface area contributed by atoms with Crippen LogP contribution in [0.1, 0.15) is 12.8 Å². The zero-order valence-electron chi connectivity index (χ0n) is 12.5. The number of nitrogens with one attached hydrogen (secondary N) is 2. The topological polar surface area (TPSA) is 44.4 Å². The SMILES string of the molecule is CN(C)c1c(Cl)cccc1NC(=O)CSC1CCNCC1. The van der Waals surface area contributed by atoms with E-state index in [9.17, 15) is 4.79 Å². The number of hydrogen-bond acceptors (Lipinski definition) is 4. The Bertz CT molecular complexity index is 490. The molecule has 1 fully saturated rings. The van der Waals surface area contributed by atoms with Crippen LogP contribution in [0.5, 0.6) is 0 Å². The molecule has 1 saturated heterocycles. The van der Waals surface area contributed by atoms with Gasteiger partial charge in [-0.2, -0.15) is 0 Å². The summed E-state index contributed by atoms with van der Waals surface area (Å²) < 4.78 is 0. The molecule has 0 aromatic heterocycles. The molecule has 0 bridgehead atoms. The van der Waals surface area contributed by atoms with Gasteiger partial charge in [-0.1, -0.05) is 17.7 Å². The quantitative estimate of drug-likeness (QED) is 0.873. The van der Waals surface area contributed by atoms with Crippen molar-refractivity contribution in [2.45, 2.75) is 18.1 Å². The van der Waals surface area contributed by atoms with E-state index in [0.717, 1.165) is 37.3 Å². The van der Waals surface area contributed by atoms with Crippen molar-refractivity contribution in [3.8, 4) is 0 Å². The zero-order valence-corrected chi connectivity index (χ0v) is 14.1. The van der Waals surface area contributed by atoms with Crippen molar-refractivity contribution in [1.29, 1.82) is 0 Å². The van der Waals surface area contributed by atoms with Crippen LogP contribution in [0.15, 0.2) is 18.2 Å². The second-order valence-corrected chi connectivity index (χ2v) is 7.03. The second-order valence-electron chi connectivity index (χ2n) is 5.34. The van der Waals surface area contributed by atoms with Crippen LogP contribution in [0, 0.1) is 0 Å². The molecule has 1 aromatic rings. The Morgan fingerprint density at radius 1 is 1.43 bits per heavy atom. The van der Waals surface area contributed by atoms with E-state index in [1.165, 1.54) is 0 Å². The van der Waals surface area contributed by atoms with Crippen LogP contribution >= 0.6 is 23.4 Å². The Morgan fingerprint density at radius 3 is 2.81 bits per heavy atom. The highest BCUT2D eigenvalue weighted by Crippen LogP contribution is 2.32. The first-order chi connectivity index (χ1) is 10.1. The van der Waals surface area contributed by atoms with E-state index in [1.807, 2.05) is 37.2 Å². The number of benzene rings is 1. The van der Waals surface area contributed by atoms with Gasteiger partial charge < -0.3 is 15.5 Å². The van der Waals surface area contributed by atoms with Crippen LogP contribution in [0.4, 0.5) is 11.4 Å². The summed E-state index contributed by atoms with van der Waals surface area (Å²) in [6.45, 7) is 2.11. The number of thioether (sulfide) groups is 1. The zero-order chi connectivity index (χ0) is 15.2. The molecule has 1 amide bonds. The first-order valence-electron chi connectivity index (χ1n) is 7.16. The van der Waals surface area contributed by atoms with Crippen LogP contribution in [-0.4, -0.2) is 44.1 Å². The van der Waals surface area contributed by atoms with Crippen LogP contribution in [-0.2, 0) is 4.79 Å². The highest BCUT2D eigenvalue weighted by Gasteiger charge is 2.16. The number of para-hydroxylation sites is 1. The van der Waals surface area contributed by atoms with E-state index in [1.54, 1.807) is 11.8 Å². The van der Waals surface area contributed by atoms with Crippen LogP contribution < -0.4 is 15.5 Å². The fourth-order valence-electron chi connectivity index (χ4n) is 2.41. The lowest BCUT2D eigenvalue weighted by Gasteiger charge is -2.22. The van der Waals surface area contributed by atoms with Gasteiger partial charge in [0.25, 0.3) is 0 Å². The monoisotopic (exact) mass is 327 g/mol. The van der Waals surface area contributed by atoms with Gasteiger partial charge in [-0.15, -0.1) is 11.8 Å². The Morgan fingerprint density at radius 2 is 2.14 bits per heavy atom. The van der Waals surface area contributed by atoms with Crippen molar-refractivity contribution >= 4 is 40.6 Å². The maximum atomic E-state index is 12.1. The third kappa shape index (κ3) is 4.80. The van der Waals surface area contributed by atoms with E-state index >= 15 is 0 Å². The molecule has 0 saturated carbocycles. The molecule has 21 heavy (non-hydrogen) atoms. The first kappa shape index (κ1) is 16.5. The van der Waals surface area contributed by atoms with E-state index in [0.29, 0.717) is 16.0 Å². The molecule has 1 heterocycles. The third-order valence-electron chi connectivity index (χ3n) is 3.44. The minimum atomic E-state index is 0.0314. The predicted octanol–water partition coefficient (Wildman–Crippen LogP) is 2.83. The van der Waals surface area contributed by atoms with E-state index in [-0.39, 0.29) is 5.91 Å². The van der Waals surface area contributed by atoms with E-state index in [4.69, 9.17) is 11.6 Å². The van der Waals surface area contributed by atoms with Crippen LogP contribution in [0.25, 0.3) is 0 Å². The molecular weight excluding hydrogens is 306 g/mol. The highest BCUT2D eigenvalue weighted by atomic mass is 35.5. The number of halogens is 1. The molecule has 0 aliphatic carbocycles. The summed E-state index contributed by atoms with van der Waals surface area (Å²) in [6, 6.07) is 5.57. The molecule has 1 aliphatic rings. The maximum absolute atomic E-state index is 12.1. The van der Waals surface area contributed by atoms with Crippen molar-refractivity contribution in [2.24, 2.45) is 0 Å². The number of hydrogen-bond donors (Lipinski definition) is 2. The summed E-state index contributed by atoms with van der Waals surface area (Å²) in [4.78, 5) is 14.0. The molecule has 0 spiro atoms. The summed E-state index contributed by atoms with van der Waals surface area (Å²) in [7, 11) is 3.83. The van der Waals surface area contributed by atoms with Crippen LogP contribution in [0.3, 0.4) is 0 Å². The average Bonchev–Trinajstić information content (AvgIpc) is 2.46. The molecule has 1 aliphatic heterocycles. The van der Waals surface area contributed by atoms with E-state index in [2.05, 4.69) is 10.6 Å². The Kier molecular flexibility index (Phi) is 6.21. The molecule has 4 nitrogen and oxygen atoms in total. The third-order valence-corrected chi connectivity index (χ3v) is 5.12. The number of piperidine rings is 1. The fourth-order valence-corrected chi connectivity index (χ4v) is 3.78. The number of amides is 1. The molecule has 2 rings (SSSR count). The summed E-state index contributed by atoms with van der Waals surface area (Å²) >= 11 is 7.95. The summed E-state index contributed by atoms with van der Waals surface area (Å²) in [5, 5.41) is 7.54. The standard InChI is InChI=1S/C15H22ClN3OS/c1-19(2)15-12(16)4-3-5-13(15)18-14(20)10-21-11-6-8-17-9-7-11/h3-5,11,17H,6-10H2,1-2H3,(H,18,20). The highest BCUT2D eigenvalue weighted by molar-refractivity contribution is 8.00. The smallest absolute Gasteiger partial charge is 0.234 e. The van der Waals surface area contributed by atoms with Crippen molar-refractivity contribution in [1.82, 2.24) is 5.32 Å². The van der Waals surface area contributed by atoms with Crippen LogP contribution in [0.2, 0.25) is 5.02 Å². The fraction of sp³-hybridized carbons (Fsp3) is 0.533. The van der Waals surface area contributed by atoms with Gasteiger partial charge in [0.2, 0.25) is 5.91 Å². The van der Waals surface area contributed by atoms with Crippen molar-refractivity contribution in [2.75, 3.05) is 43.2 Å².